The number of hydrogen-bond donors (Lipinski definition) is 0. The van der Waals surface area contributed by atoms with Crippen molar-refractivity contribution in [3.63, 3.8) is 0 Å². The lowest BCUT2D eigenvalue weighted by molar-refractivity contribution is -0.142. The number of hydrogen-bond acceptors (Lipinski definition) is 3. The van der Waals surface area contributed by atoms with E-state index < -0.39 is 0 Å². The van der Waals surface area contributed by atoms with Crippen molar-refractivity contribution in [2.24, 2.45) is 0 Å². The molecule has 0 radical (unpaired) electrons. The number of carbonyl (C=O) groups is 2. The Morgan fingerprint density at radius 2 is 1.52 bits per heavy atom. The molecule has 0 N–H and O–H groups in total. The molecule has 0 fully saturated rings. The number of thiophene rings is 1. The molecule has 1 heterocycles. The highest BCUT2D eigenvalue weighted by molar-refractivity contribution is 7.11. The van der Waals surface area contributed by atoms with Gasteiger partial charge in [0, 0.05) is 22.8 Å². The zero-order chi connectivity index (χ0) is 23.6. The zero-order valence-electron chi connectivity index (χ0n) is 19.9. The van der Waals surface area contributed by atoms with E-state index in [2.05, 4.69) is 19.1 Å². The quantitative estimate of drug-likeness (QED) is 0.350. The molecule has 2 aromatic carbocycles. The van der Waals surface area contributed by atoms with Crippen molar-refractivity contribution in [2.75, 3.05) is 13.1 Å². The van der Waals surface area contributed by atoms with Crippen molar-refractivity contribution in [3.05, 3.63) is 93.7 Å². The molecule has 0 bridgehead atoms. The van der Waals surface area contributed by atoms with E-state index in [-0.39, 0.29) is 24.3 Å². The molecule has 3 aromatic rings. The van der Waals surface area contributed by atoms with Crippen molar-refractivity contribution in [3.8, 4) is 0 Å². The number of carbonyl (C=O) groups excluding carboxylic acids is 2. The molecule has 3 rings (SSSR count). The molecule has 33 heavy (non-hydrogen) atoms. The van der Waals surface area contributed by atoms with Crippen molar-refractivity contribution >= 4 is 23.2 Å². The Bertz CT molecular complexity index is 1020. The lowest BCUT2D eigenvalue weighted by Gasteiger charge is -2.30. The van der Waals surface area contributed by atoms with Crippen LogP contribution in [-0.2, 0) is 22.7 Å². The van der Waals surface area contributed by atoms with E-state index in [1.54, 1.807) is 16.2 Å². The van der Waals surface area contributed by atoms with Crippen LogP contribution in [0.15, 0.2) is 72.8 Å². The van der Waals surface area contributed by atoms with Gasteiger partial charge in [-0.2, -0.15) is 0 Å². The maximum Gasteiger partial charge on any atom is 0.242 e. The molecule has 1 aromatic heterocycles. The first-order valence-corrected chi connectivity index (χ1v) is 12.5. The predicted molar refractivity (Wildman–Crippen MR) is 136 cm³/mol. The Morgan fingerprint density at radius 3 is 2.09 bits per heavy atom. The van der Waals surface area contributed by atoms with Gasteiger partial charge < -0.3 is 9.80 Å². The van der Waals surface area contributed by atoms with E-state index in [1.807, 2.05) is 79.4 Å². The Morgan fingerprint density at radius 1 is 0.848 bits per heavy atom. The number of rotatable bonds is 11. The lowest BCUT2D eigenvalue weighted by atomic mass is 9.95. The van der Waals surface area contributed by atoms with E-state index >= 15 is 0 Å². The molecule has 2 amide bonds. The second kappa shape index (κ2) is 12.4. The standard InChI is InChI=1S/C28H34N2O2S/c1-4-18-29(28(32)26(5-2)24-14-10-7-11-15-24)21-27(31)30(19-23-12-8-6-9-13-23)20-25-17-16-22(3)33-25/h6-17,26H,4-5,18-21H2,1-3H3. The summed E-state index contributed by atoms with van der Waals surface area (Å²) in [5.41, 5.74) is 2.09. The predicted octanol–water partition coefficient (Wildman–Crippen LogP) is 6.02. The molecule has 1 unspecified atom stereocenters. The molecular formula is C28H34N2O2S. The molecule has 0 saturated carbocycles. The first-order chi connectivity index (χ1) is 16.0. The molecule has 4 nitrogen and oxygen atoms in total. The summed E-state index contributed by atoms with van der Waals surface area (Å²) < 4.78 is 0. The van der Waals surface area contributed by atoms with Crippen LogP contribution in [0.3, 0.4) is 0 Å². The smallest absolute Gasteiger partial charge is 0.242 e. The van der Waals surface area contributed by atoms with Crippen LogP contribution in [0.5, 0.6) is 0 Å². The first kappa shape index (κ1) is 24.7. The molecule has 0 spiro atoms. The summed E-state index contributed by atoms with van der Waals surface area (Å²) in [6, 6.07) is 24.1. The summed E-state index contributed by atoms with van der Waals surface area (Å²) in [6.07, 6.45) is 1.52. The van der Waals surface area contributed by atoms with Gasteiger partial charge in [-0.1, -0.05) is 74.5 Å². The Hall–Kier alpha value is -2.92. The Kier molecular flexibility index (Phi) is 9.25. The number of nitrogens with zero attached hydrogens (tertiary/aromatic N) is 2. The van der Waals surface area contributed by atoms with Gasteiger partial charge in [0.1, 0.15) is 0 Å². The fourth-order valence-corrected chi connectivity index (χ4v) is 4.96. The average molecular weight is 463 g/mol. The third kappa shape index (κ3) is 7.03. The molecular weight excluding hydrogens is 428 g/mol. The van der Waals surface area contributed by atoms with Crippen LogP contribution < -0.4 is 0 Å². The first-order valence-electron chi connectivity index (χ1n) is 11.7. The second-order valence-corrected chi connectivity index (χ2v) is 9.75. The van der Waals surface area contributed by atoms with Crippen LogP contribution in [-0.4, -0.2) is 34.7 Å². The molecule has 0 aliphatic rings. The SMILES string of the molecule is CCCN(CC(=O)N(Cc1ccccc1)Cc1ccc(C)s1)C(=O)C(CC)c1ccccc1. The molecule has 174 valence electrons. The van der Waals surface area contributed by atoms with E-state index in [4.69, 9.17) is 0 Å². The van der Waals surface area contributed by atoms with Gasteiger partial charge in [-0.15, -0.1) is 11.3 Å². The highest BCUT2D eigenvalue weighted by atomic mass is 32.1. The third-order valence-electron chi connectivity index (χ3n) is 5.75. The van der Waals surface area contributed by atoms with Gasteiger partial charge in [-0.05, 0) is 43.0 Å². The maximum absolute atomic E-state index is 13.5. The maximum atomic E-state index is 13.5. The van der Waals surface area contributed by atoms with Crippen LogP contribution in [0.2, 0.25) is 0 Å². The highest BCUT2D eigenvalue weighted by Gasteiger charge is 2.27. The van der Waals surface area contributed by atoms with E-state index in [0.29, 0.717) is 26.1 Å². The van der Waals surface area contributed by atoms with Crippen LogP contribution in [0.25, 0.3) is 0 Å². The second-order valence-electron chi connectivity index (χ2n) is 8.38. The highest BCUT2D eigenvalue weighted by Crippen LogP contribution is 2.23. The van der Waals surface area contributed by atoms with Crippen LogP contribution in [0, 0.1) is 6.92 Å². The van der Waals surface area contributed by atoms with Crippen molar-refractivity contribution < 1.29 is 9.59 Å². The molecule has 0 saturated heterocycles. The van der Waals surface area contributed by atoms with Crippen LogP contribution in [0.1, 0.15) is 53.5 Å². The van der Waals surface area contributed by atoms with Crippen molar-refractivity contribution in [1.82, 2.24) is 9.80 Å². The van der Waals surface area contributed by atoms with Gasteiger partial charge in [0.05, 0.1) is 19.0 Å². The Balaban J connectivity index is 1.79. The monoisotopic (exact) mass is 462 g/mol. The minimum atomic E-state index is -0.229. The number of amides is 2. The topological polar surface area (TPSA) is 40.6 Å². The van der Waals surface area contributed by atoms with E-state index in [9.17, 15) is 9.59 Å². The third-order valence-corrected chi connectivity index (χ3v) is 6.74. The summed E-state index contributed by atoms with van der Waals surface area (Å²) in [5, 5.41) is 0. The number of aryl methyl sites for hydroxylation is 1. The van der Waals surface area contributed by atoms with Gasteiger partial charge in [0.2, 0.25) is 11.8 Å². The van der Waals surface area contributed by atoms with Gasteiger partial charge in [0.15, 0.2) is 0 Å². The minimum Gasteiger partial charge on any atom is -0.333 e. The van der Waals surface area contributed by atoms with E-state index in [1.165, 1.54) is 4.88 Å². The largest absolute Gasteiger partial charge is 0.333 e. The summed E-state index contributed by atoms with van der Waals surface area (Å²) in [4.78, 5) is 33.0. The van der Waals surface area contributed by atoms with Gasteiger partial charge >= 0.3 is 0 Å². The minimum absolute atomic E-state index is 0.0189. The van der Waals surface area contributed by atoms with Crippen molar-refractivity contribution in [1.29, 1.82) is 0 Å². The summed E-state index contributed by atoms with van der Waals surface area (Å²) >= 11 is 1.71. The fraction of sp³-hybridized carbons (Fsp3) is 0.357. The molecule has 0 aliphatic carbocycles. The molecule has 1 atom stereocenters. The van der Waals surface area contributed by atoms with Crippen LogP contribution in [0.4, 0.5) is 0 Å². The van der Waals surface area contributed by atoms with E-state index in [0.717, 1.165) is 22.4 Å². The molecule has 0 aliphatic heterocycles. The average Bonchev–Trinajstić information content (AvgIpc) is 3.24. The summed E-state index contributed by atoms with van der Waals surface area (Å²) in [7, 11) is 0. The van der Waals surface area contributed by atoms with Gasteiger partial charge in [-0.3, -0.25) is 9.59 Å². The molecule has 5 heteroatoms. The number of benzene rings is 2. The fourth-order valence-electron chi connectivity index (χ4n) is 4.05. The Labute approximate surface area is 201 Å². The van der Waals surface area contributed by atoms with Crippen LogP contribution >= 0.6 is 11.3 Å². The lowest BCUT2D eigenvalue weighted by Crippen LogP contribution is -2.44. The van der Waals surface area contributed by atoms with Gasteiger partial charge in [0.25, 0.3) is 0 Å². The summed E-state index contributed by atoms with van der Waals surface area (Å²) in [6.45, 7) is 7.91. The summed E-state index contributed by atoms with van der Waals surface area (Å²) in [5.74, 6) is -0.215. The van der Waals surface area contributed by atoms with Crippen molar-refractivity contribution in [2.45, 2.75) is 52.6 Å². The van der Waals surface area contributed by atoms with Gasteiger partial charge in [-0.25, -0.2) is 0 Å². The zero-order valence-corrected chi connectivity index (χ0v) is 20.7. The normalized spacial score (nSPS) is 11.7.